The summed E-state index contributed by atoms with van der Waals surface area (Å²) < 4.78 is 44.3. The van der Waals surface area contributed by atoms with Gasteiger partial charge in [0.25, 0.3) is 0 Å². The van der Waals surface area contributed by atoms with Crippen LogP contribution in [0.5, 0.6) is 5.75 Å². The number of piperidine rings is 1. The number of nitrogens with zero attached hydrogens (tertiary/aromatic N) is 5. The quantitative estimate of drug-likeness (QED) is 0.613. The van der Waals surface area contributed by atoms with Crippen molar-refractivity contribution in [1.29, 1.82) is 0 Å². The highest BCUT2D eigenvalue weighted by Gasteiger charge is 2.59. The molecular weight excluding hydrogens is 457 g/mol. The molecule has 2 aromatic rings. The molecule has 4 heterocycles. The summed E-state index contributed by atoms with van der Waals surface area (Å²) in [6.45, 7) is 15.5. The summed E-state index contributed by atoms with van der Waals surface area (Å²) in [5.74, 6) is 0.849. The Morgan fingerprint density at radius 2 is 1.77 bits per heavy atom. The highest BCUT2D eigenvalue weighted by Crippen LogP contribution is 2.59. The summed E-state index contributed by atoms with van der Waals surface area (Å²) in [6, 6.07) is 4.06. The normalized spacial score (nSPS) is 25.7. The maximum atomic E-state index is 12.8. The first-order valence-corrected chi connectivity index (χ1v) is 12.5. The van der Waals surface area contributed by atoms with Crippen LogP contribution in [0.2, 0.25) is 0 Å². The van der Waals surface area contributed by atoms with Gasteiger partial charge in [-0.05, 0) is 58.1 Å². The van der Waals surface area contributed by atoms with Gasteiger partial charge in [0.15, 0.2) is 11.6 Å². The summed E-state index contributed by atoms with van der Waals surface area (Å²) >= 11 is 0. The number of rotatable bonds is 7. The van der Waals surface area contributed by atoms with E-state index >= 15 is 0 Å². The minimum Gasteiger partial charge on any atom is -0.402 e. The third-order valence-electron chi connectivity index (χ3n) is 8.32. The third kappa shape index (κ3) is 4.50. The van der Waals surface area contributed by atoms with Gasteiger partial charge in [-0.25, -0.2) is 4.98 Å². The molecule has 0 aromatic carbocycles. The van der Waals surface area contributed by atoms with E-state index in [2.05, 4.69) is 54.1 Å². The minimum absolute atomic E-state index is 0.139. The van der Waals surface area contributed by atoms with Crippen LogP contribution >= 0.6 is 0 Å². The van der Waals surface area contributed by atoms with Crippen LogP contribution in [0.4, 0.5) is 19.0 Å². The predicted molar refractivity (Wildman–Crippen MR) is 128 cm³/mol. The van der Waals surface area contributed by atoms with Crippen molar-refractivity contribution in [3.05, 3.63) is 24.0 Å². The first-order valence-electron chi connectivity index (χ1n) is 12.5. The Bertz CT molecular complexity index is 1080. The molecule has 0 radical (unpaired) electrons. The summed E-state index contributed by atoms with van der Waals surface area (Å²) in [5, 5.41) is 4.74. The van der Waals surface area contributed by atoms with Crippen LogP contribution < -0.4 is 10.5 Å². The van der Waals surface area contributed by atoms with Crippen molar-refractivity contribution in [1.82, 2.24) is 24.6 Å². The van der Waals surface area contributed by atoms with Gasteiger partial charge in [0.1, 0.15) is 0 Å². The highest BCUT2D eigenvalue weighted by molar-refractivity contribution is 5.64. The van der Waals surface area contributed by atoms with Crippen LogP contribution in [0.1, 0.15) is 58.7 Å². The molecule has 1 aliphatic carbocycles. The molecule has 2 aliphatic heterocycles. The molecular formula is C25H35F3N6O. The molecule has 2 N–H and O–H groups in total. The smallest absolute Gasteiger partial charge is 0.402 e. The van der Waals surface area contributed by atoms with Crippen LogP contribution in [-0.2, 0) is 0 Å². The number of hydrogen-bond donors (Lipinski definition) is 1. The lowest BCUT2D eigenvalue weighted by molar-refractivity contribution is -0.274. The van der Waals surface area contributed by atoms with Gasteiger partial charge < -0.3 is 10.5 Å². The van der Waals surface area contributed by atoms with Crippen molar-refractivity contribution in [2.75, 3.05) is 31.9 Å². The number of aromatic nitrogens is 3. The van der Waals surface area contributed by atoms with E-state index < -0.39 is 12.1 Å². The predicted octanol–water partition coefficient (Wildman–Crippen LogP) is 4.52. The number of nitrogen functional groups attached to an aromatic ring is 1. The lowest BCUT2D eigenvalue weighted by Gasteiger charge is -2.52. The molecule has 3 fully saturated rings. The van der Waals surface area contributed by atoms with Gasteiger partial charge in [-0.2, -0.15) is 5.10 Å². The standard InChI is InChI=1S/C25H35F3N6O/c1-6-24(4,5)33-10-16(11-33)32-12-17-18(13-32)22(17)20-8-19(31-34(20)14(2)3)15-7-21(23(29)30-9-15)35-25(26,27)28/h7-9,14,16-18,22H,6,10-13H2,1-5H3,(H2,29,30)/t17-,18+,22+. The zero-order valence-corrected chi connectivity index (χ0v) is 21.0. The Morgan fingerprint density at radius 1 is 1.11 bits per heavy atom. The zero-order valence-electron chi connectivity index (χ0n) is 21.0. The average Bonchev–Trinajstić information content (AvgIpc) is 3.08. The first kappa shape index (κ1) is 24.4. The molecule has 0 amide bonds. The number of ether oxygens (including phenoxy) is 1. The summed E-state index contributed by atoms with van der Waals surface area (Å²) in [7, 11) is 0. The molecule has 2 aromatic heterocycles. The second-order valence-electron chi connectivity index (χ2n) is 11.2. The van der Waals surface area contributed by atoms with Gasteiger partial charge in [-0.3, -0.25) is 14.5 Å². The summed E-state index contributed by atoms with van der Waals surface area (Å²) in [5.41, 5.74) is 8.07. The number of pyridine rings is 1. The monoisotopic (exact) mass is 492 g/mol. The molecule has 3 aliphatic rings. The second kappa shape index (κ2) is 8.37. The fourth-order valence-corrected chi connectivity index (χ4v) is 5.71. The van der Waals surface area contributed by atoms with Crippen molar-refractivity contribution in [2.24, 2.45) is 11.8 Å². The number of nitrogens with two attached hydrogens (primary N) is 1. The largest absolute Gasteiger partial charge is 0.573 e. The molecule has 7 nitrogen and oxygen atoms in total. The third-order valence-corrected chi connectivity index (χ3v) is 8.32. The number of hydrogen-bond acceptors (Lipinski definition) is 6. The van der Waals surface area contributed by atoms with Crippen LogP contribution in [0.25, 0.3) is 11.3 Å². The van der Waals surface area contributed by atoms with Gasteiger partial charge >= 0.3 is 6.36 Å². The second-order valence-corrected chi connectivity index (χ2v) is 11.2. The topological polar surface area (TPSA) is 72.4 Å². The molecule has 0 unspecified atom stereocenters. The molecule has 2 saturated heterocycles. The fraction of sp³-hybridized carbons (Fsp3) is 0.680. The SMILES string of the molecule is CCC(C)(C)N1CC(N2C[C@@H]3[C@H](C2)[C@H]3c2cc(-c3cnc(N)c(OC(F)(F)F)c3)nn2C(C)C)C1. The van der Waals surface area contributed by atoms with E-state index in [1.807, 2.05) is 10.7 Å². The van der Waals surface area contributed by atoms with Crippen molar-refractivity contribution < 1.29 is 17.9 Å². The fourth-order valence-electron chi connectivity index (χ4n) is 5.71. The Balaban J connectivity index is 1.29. The molecule has 0 bridgehead atoms. The van der Waals surface area contributed by atoms with E-state index in [1.165, 1.54) is 12.3 Å². The maximum Gasteiger partial charge on any atom is 0.573 e. The van der Waals surface area contributed by atoms with Gasteiger partial charge in [0.05, 0.1) is 5.69 Å². The van der Waals surface area contributed by atoms with Crippen LogP contribution in [0.3, 0.4) is 0 Å². The molecule has 1 saturated carbocycles. The molecule has 192 valence electrons. The first-order chi connectivity index (χ1) is 16.4. The number of alkyl halides is 3. The van der Waals surface area contributed by atoms with E-state index in [4.69, 9.17) is 10.8 Å². The summed E-state index contributed by atoms with van der Waals surface area (Å²) in [4.78, 5) is 9.14. The lowest BCUT2D eigenvalue weighted by Crippen LogP contribution is -2.65. The molecule has 35 heavy (non-hydrogen) atoms. The molecule has 3 atom stereocenters. The summed E-state index contributed by atoms with van der Waals surface area (Å²) in [6.07, 6.45) is -2.23. The number of likely N-dealkylation sites (tertiary alicyclic amines) is 2. The van der Waals surface area contributed by atoms with Crippen molar-refractivity contribution in [3.8, 4) is 17.0 Å². The maximum absolute atomic E-state index is 12.8. The molecule has 0 spiro atoms. The van der Waals surface area contributed by atoms with E-state index in [0.717, 1.165) is 38.3 Å². The minimum atomic E-state index is -4.84. The van der Waals surface area contributed by atoms with Gasteiger partial charge in [-0.15, -0.1) is 13.2 Å². The van der Waals surface area contributed by atoms with Crippen molar-refractivity contribution in [2.45, 2.75) is 70.9 Å². The Kier molecular flexibility index (Phi) is 5.83. The zero-order chi connectivity index (χ0) is 25.3. The van der Waals surface area contributed by atoms with Crippen LogP contribution in [0.15, 0.2) is 18.3 Å². The number of halogens is 3. The number of fused-ring (bicyclic) bond motifs is 1. The van der Waals surface area contributed by atoms with E-state index in [9.17, 15) is 13.2 Å². The average molecular weight is 493 g/mol. The Hall–Kier alpha value is -2.33. The van der Waals surface area contributed by atoms with Crippen molar-refractivity contribution in [3.63, 3.8) is 0 Å². The van der Waals surface area contributed by atoms with Crippen LogP contribution in [-0.4, -0.2) is 68.7 Å². The molecule has 5 rings (SSSR count). The number of anilines is 1. The van der Waals surface area contributed by atoms with Crippen LogP contribution in [0, 0.1) is 11.8 Å². The van der Waals surface area contributed by atoms with Crippen molar-refractivity contribution >= 4 is 5.82 Å². The van der Waals surface area contributed by atoms with Gasteiger partial charge in [-0.1, -0.05) is 6.92 Å². The Labute approximate surface area is 204 Å². The molecule has 10 heteroatoms. The van der Waals surface area contributed by atoms with Gasteiger partial charge in [0, 0.05) is 67.2 Å². The Morgan fingerprint density at radius 3 is 2.34 bits per heavy atom. The highest BCUT2D eigenvalue weighted by atomic mass is 19.4. The van der Waals surface area contributed by atoms with E-state index in [0.29, 0.717) is 35.1 Å². The van der Waals surface area contributed by atoms with E-state index in [1.54, 1.807) is 0 Å². The van der Waals surface area contributed by atoms with Gasteiger partial charge in [0.2, 0.25) is 0 Å². The lowest BCUT2D eigenvalue weighted by atomic mass is 9.92. The van der Waals surface area contributed by atoms with E-state index in [-0.39, 0.29) is 17.4 Å².